The average molecular weight is 214 g/mol. The topological polar surface area (TPSA) is 79.9 Å². The van der Waals surface area contributed by atoms with E-state index in [4.69, 9.17) is 14.3 Å². The molecular weight excluding hydrogens is 200 g/mol. The van der Waals surface area contributed by atoms with Crippen LogP contribution in [0.3, 0.4) is 0 Å². The molecule has 0 bridgehead atoms. The molecule has 2 N–H and O–H groups in total. The fraction of sp³-hybridized carbons (Fsp3) is 0.500. The third kappa shape index (κ3) is 2.57. The zero-order chi connectivity index (χ0) is 11.5. The molecule has 1 aromatic rings. The van der Waals surface area contributed by atoms with Crippen molar-refractivity contribution in [2.75, 3.05) is 13.2 Å². The highest BCUT2D eigenvalue weighted by molar-refractivity contribution is 5.88. The van der Waals surface area contributed by atoms with Gasteiger partial charge in [-0.25, -0.2) is 4.79 Å². The first-order chi connectivity index (χ1) is 6.99. The third-order valence-corrected chi connectivity index (χ3v) is 1.97. The first kappa shape index (κ1) is 11.7. The molecule has 5 nitrogen and oxygen atoms in total. The van der Waals surface area contributed by atoms with Gasteiger partial charge in [-0.05, 0) is 19.9 Å². The van der Waals surface area contributed by atoms with Crippen LogP contribution < -0.4 is 0 Å². The van der Waals surface area contributed by atoms with E-state index in [1.54, 1.807) is 6.92 Å². The van der Waals surface area contributed by atoms with Gasteiger partial charge in [0.1, 0.15) is 11.2 Å². The lowest BCUT2D eigenvalue weighted by molar-refractivity contribution is -0.0486. The predicted octanol–water partition coefficient (Wildman–Crippen LogP) is 1.22. The summed E-state index contributed by atoms with van der Waals surface area (Å²) in [5.74, 6) is -1.11. The Morgan fingerprint density at radius 1 is 1.67 bits per heavy atom. The quantitative estimate of drug-likeness (QED) is 0.770. The molecule has 5 heteroatoms. The van der Waals surface area contributed by atoms with Gasteiger partial charge in [0.15, 0.2) is 5.76 Å². The molecule has 84 valence electrons. The third-order valence-electron chi connectivity index (χ3n) is 1.97. The molecule has 1 heterocycles. The molecule has 0 spiro atoms. The van der Waals surface area contributed by atoms with Gasteiger partial charge in [0.2, 0.25) is 0 Å². The largest absolute Gasteiger partial charge is 0.478 e. The molecule has 0 aliphatic heterocycles. The van der Waals surface area contributed by atoms with E-state index in [9.17, 15) is 9.90 Å². The number of carboxylic acid groups (broad SMARTS) is 1. The molecular formula is C10H14O5. The maximum atomic E-state index is 10.8. The Morgan fingerprint density at radius 3 is 2.87 bits per heavy atom. The summed E-state index contributed by atoms with van der Waals surface area (Å²) in [6.45, 7) is 3.68. The van der Waals surface area contributed by atoms with Crippen LogP contribution in [0.4, 0.5) is 0 Å². The summed E-state index contributed by atoms with van der Waals surface area (Å²) < 4.78 is 10.0. The monoisotopic (exact) mass is 214 g/mol. The number of aliphatic hydroxyl groups is 1. The summed E-state index contributed by atoms with van der Waals surface area (Å²) in [5, 5.41) is 18.8. The molecule has 1 atom stereocenters. The van der Waals surface area contributed by atoms with Gasteiger partial charge in [-0.15, -0.1) is 0 Å². The second-order valence-electron chi connectivity index (χ2n) is 3.38. The fourth-order valence-corrected chi connectivity index (χ4v) is 1.26. The van der Waals surface area contributed by atoms with Crippen LogP contribution in [-0.2, 0) is 10.3 Å². The number of hydrogen-bond donors (Lipinski definition) is 2. The highest BCUT2D eigenvalue weighted by Gasteiger charge is 2.32. The van der Waals surface area contributed by atoms with Crippen LogP contribution in [0.25, 0.3) is 0 Å². The van der Waals surface area contributed by atoms with E-state index in [1.807, 2.05) is 0 Å². The minimum Gasteiger partial charge on any atom is -0.478 e. The van der Waals surface area contributed by atoms with Gasteiger partial charge in [0, 0.05) is 6.61 Å². The first-order valence-electron chi connectivity index (χ1n) is 4.60. The average Bonchev–Trinajstić information content (AvgIpc) is 2.63. The van der Waals surface area contributed by atoms with Crippen LogP contribution in [0.2, 0.25) is 0 Å². The number of aromatic carboxylic acids is 1. The summed E-state index contributed by atoms with van der Waals surface area (Å²) in [6, 6.07) is 1.30. The summed E-state index contributed by atoms with van der Waals surface area (Å²) in [7, 11) is 0. The van der Waals surface area contributed by atoms with Gasteiger partial charge in [-0.1, -0.05) is 0 Å². The maximum absolute atomic E-state index is 10.8. The zero-order valence-corrected chi connectivity index (χ0v) is 8.69. The molecule has 0 saturated carbocycles. The maximum Gasteiger partial charge on any atom is 0.339 e. The van der Waals surface area contributed by atoms with Crippen molar-refractivity contribution < 1.29 is 24.2 Å². The fourth-order valence-electron chi connectivity index (χ4n) is 1.26. The van der Waals surface area contributed by atoms with Crippen LogP contribution >= 0.6 is 0 Å². The number of furan rings is 1. The Bertz CT molecular complexity index is 339. The standard InChI is InChI=1S/C10H14O5/c1-3-14-6-10(2,13)8-7(9(11)12)4-5-15-8/h4-5,13H,3,6H2,1-2H3,(H,11,12). The van der Waals surface area contributed by atoms with E-state index in [2.05, 4.69) is 0 Å². The van der Waals surface area contributed by atoms with Crippen molar-refractivity contribution >= 4 is 5.97 Å². The number of carboxylic acids is 1. The number of carbonyl (C=O) groups is 1. The molecule has 0 amide bonds. The normalized spacial score (nSPS) is 14.9. The smallest absolute Gasteiger partial charge is 0.339 e. The van der Waals surface area contributed by atoms with Crippen molar-refractivity contribution in [1.82, 2.24) is 0 Å². The van der Waals surface area contributed by atoms with Crippen LogP contribution in [0.15, 0.2) is 16.7 Å². The van der Waals surface area contributed by atoms with Gasteiger partial charge in [0.05, 0.1) is 12.9 Å². The Balaban J connectivity index is 2.93. The van der Waals surface area contributed by atoms with E-state index in [0.717, 1.165) is 0 Å². The van der Waals surface area contributed by atoms with Crippen molar-refractivity contribution in [1.29, 1.82) is 0 Å². The van der Waals surface area contributed by atoms with E-state index in [-0.39, 0.29) is 17.9 Å². The molecule has 0 aliphatic carbocycles. The lowest BCUT2D eigenvalue weighted by atomic mass is 10.0. The summed E-state index contributed by atoms with van der Waals surface area (Å²) in [5.41, 5.74) is -1.47. The van der Waals surface area contributed by atoms with Crippen molar-refractivity contribution in [2.45, 2.75) is 19.4 Å². The highest BCUT2D eigenvalue weighted by atomic mass is 16.5. The summed E-state index contributed by atoms with van der Waals surface area (Å²) in [4.78, 5) is 10.8. The molecule has 1 unspecified atom stereocenters. The molecule has 0 aliphatic rings. The molecule has 0 radical (unpaired) electrons. The summed E-state index contributed by atoms with van der Waals surface area (Å²) >= 11 is 0. The zero-order valence-electron chi connectivity index (χ0n) is 8.69. The van der Waals surface area contributed by atoms with Crippen molar-refractivity contribution in [3.8, 4) is 0 Å². The lowest BCUT2D eigenvalue weighted by Gasteiger charge is -2.20. The van der Waals surface area contributed by atoms with Crippen LogP contribution in [-0.4, -0.2) is 29.4 Å². The van der Waals surface area contributed by atoms with E-state index >= 15 is 0 Å². The van der Waals surface area contributed by atoms with Gasteiger partial charge in [-0.2, -0.15) is 0 Å². The van der Waals surface area contributed by atoms with Gasteiger partial charge < -0.3 is 19.4 Å². The minimum absolute atomic E-state index is 0.00269. The Morgan fingerprint density at radius 2 is 2.33 bits per heavy atom. The molecule has 1 rings (SSSR count). The lowest BCUT2D eigenvalue weighted by Crippen LogP contribution is -2.29. The number of rotatable bonds is 5. The highest BCUT2D eigenvalue weighted by Crippen LogP contribution is 2.25. The van der Waals surface area contributed by atoms with Crippen LogP contribution in [0.1, 0.15) is 30.0 Å². The van der Waals surface area contributed by atoms with Crippen LogP contribution in [0.5, 0.6) is 0 Å². The van der Waals surface area contributed by atoms with Gasteiger partial charge in [0.25, 0.3) is 0 Å². The van der Waals surface area contributed by atoms with E-state index in [0.29, 0.717) is 6.61 Å². The Labute approximate surface area is 87.3 Å². The van der Waals surface area contributed by atoms with Gasteiger partial charge in [-0.3, -0.25) is 0 Å². The summed E-state index contributed by atoms with van der Waals surface area (Å²) in [6.07, 6.45) is 1.24. The molecule has 0 aromatic carbocycles. The molecule has 1 aromatic heterocycles. The van der Waals surface area contributed by atoms with E-state index in [1.165, 1.54) is 19.3 Å². The molecule has 15 heavy (non-hydrogen) atoms. The second kappa shape index (κ2) is 4.46. The van der Waals surface area contributed by atoms with Crippen molar-refractivity contribution in [3.63, 3.8) is 0 Å². The van der Waals surface area contributed by atoms with Crippen molar-refractivity contribution in [3.05, 3.63) is 23.7 Å². The minimum atomic E-state index is -1.42. The number of hydrogen-bond acceptors (Lipinski definition) is 4. The van der Waals surface area contributed by atoms with E-state index < -0.39 is 11.6 Å². The number of ether oxygens (including phenoxy) is 1. The predicted molar refractivity (Wildman–Crippen MR) is 51.7 cm³/mol. The first-order valence-corrected chi connectivity index (χ1v) is 4.60. The molecule has 0 fully saturated rings. The molecule has 0 saturated heterocycles. The van der Waals surface area contributed by atoms with Crippen LogP contribution in [0, 0.1) is 0 Å². The Kier molecular flexibility index (Phi) is 3.49. The second-order valence-corrected chi connectivity index (χ2v) is 3.38. The Hall–Kier alpha value is -1.33. The van der Waals surface area contributed by atoms with Gasteiger partial charge >= 0.3 is 5.97 Å². The SMILES string of the molecule is CCOCC(C)(O)c1occc1C(=O)O. The van der Waals surface area contributed by atoms with Crippen molar-refractivity contribution in [2.24, 2.45) is 0 Å².